The highest BCUT2D eigenvalue weighted by atomic mass is 32.1. The minimum absolute atomic E-state index is 0.0144. The Bertz CT molecular complexity index is 441. The fraction of sp³-hybridized carbons (Fsp3) is 0.125. The summed E-state index contributed by atoms with van der Waals surface area (Å²) >= 11 is 1.48. The van der Waals surface area contributed by atoms with Crippen LogP contribution in [0.2, 0.25) is 0 Å². The first-order valence-electron chi connectivity index (χ1n) is 3.34. The molecule has 3 heteroatoms. The van der Waals surface area contributed by atoms with Gasteiger partial charge in [0.2, 0.25) is 0 Å². The molecule has 2 rings (SSSR count). The first kappa shape index (κ1) is 6.61. The summed E-state index contributed by atoms with van der Waals surface area (Å²) in [4.78, 5) is 13.8. The molecular formula is C8H7NOS. The Hall–Kier alpha value is -1.09. The van der Waals surface area contributed by atoms with Gasteiger partial charge in [0.25, 0.3) is 5.56 Å². The monoisotopic (exact) mass is 165 g/mol. The van der Waals surface area contributed by atoms with Gasteiger partial charge in [-0.3, -0.25) is 4.79 Å². The number of rotatable bonds is 0. The van der Waals surface area contributed by atoms with E-state index in [1.807, 2.05) is 18.4 Å². The van der Waals surface area contributed by atoms with Crippen LogP contribution in [0.5, 0.6) is 0 Å². The lowest BCUT2D eigenvalue weighted by atomic mass is 10.2. The van der Waals surface area contributed by atoms with Gasteiger partial charge in [-0.1, -0.05) is 0 Å². The van der Waals surface area contributed by atoms with Crippen molar-refractivity contribution < 1.29 is 0 Å². The summed E-state index contributed by atoms with van der Waals surface area (Å²) in [6.45, 7) is 1.99. The first-order valence-corrected chi connectivity index (χ1v) is 4.22. The van der Waals surface area contributed by atoms with Gasteiger partial charge in [-0.15, -0.1) is 11.3 Å². The third kappa shape index (κ3) is 0.886. The number of hydrogen-bond acceptors (Lipinski definition) is 2. The summed E-state index contributed by atoms with van der Waals surface area (Å²) in [6.07, 6.45) is 1.75. The maximum absolute atomic E-state index is 11.1. The molecule has 56 valence electrons. The zero-order chi connectivity index (χ0) is 7.84. The molecule has 1 N–H and O–H groups in total. The summed E-state index contributed by atoms with van der Waals surface area (Å²) in [6, 6.07) is 1.98. The Labute approximate surface area is 67.5 Å². The fourth-order valence-electron chi connectivity index (χ4n) is 1.11. The van der Waals surface area contributed by atoms with Gasteiger partial charge in [0, 0.05) is 11.6 Å². The molecule has 0 saturated heterocycles. The van der Waals surface area contributed by atoms with Gasteiger partial charge >= 0.3 is 0 Å². The number of aromatic amines is 1. The number of hydrogen-bond donors (Lipinski definition) is 1. The molecule has 0 atom stereocenters. The number of pyridine rings is 1. The average molecular weight is 165 g/mol. The second kappa shape index (κ2) is 2.20. The van der Waals surface area contributed by atoms with Gasteiger partial charge in [-0.2, -0.15) is 0 Å². The molecule has 0 spiro atoms. The molecule has 2 aromatic rings. The second-order valence-electron chi connectivity index (χ2n) is 2.46. The number of aromatic nitrogens is 1. The lowest BCUT2D eigenvalue weighted by Crippen LogP contribution is -2.03. The summed E-state index contributed by atoms with van der Waals surface area (Å²) in [5.74, 6) is 0. The van der Waals surface area contributed by atoms with Crippen LogP contribution in [0.1, 0.15) is 5.56 Å². The average Bonchev–Trinajstić information content (AvgIpc) is 2.45. The van der Waals surface area contributed by atoms with Crippen molar-refractivity contribution in [3.63, 3.8) is 0 Å². The van der Waals surface area contributed by atoms with Gasteiger partial charge in [0.15, 0.2) is 0 Å². The normalized spacial score (nSPS) is 10.6. The summed E-state index contributed by atoms with van der Waals surface area (Å²) < 4.78 is 0.824. The van der Waals surface area contributed by atoms with Crippen molar-refractivity contribution in [1.29, 1.82) is 0 Å². The van der Waals surface area contributed by atoms with Crippen LogP contribution >= 0.6 is 11.3 Å². The molecule has 0 saturated carbocycles. The third-order valence-corrected chi connectivity index (χ3v) is 2.63. The van der Waals surface area contributed by atoms with Gasteiger partial charge < -0.3 is 4.98 Å². The van der Waals surface area contributed by atoms with Gasteiger partial charge in [-0.25, -0.2) is 0 Å². The molecule has 0 aliphatic heterocycles. The van der Waals surface area contributed by atoms with Crippen molar-refractivity contribution in [2.75, 3.05) is 0 Å². The largest absolute Gasteiger partial charge is 0.328 e. The van der Waals surface area contributed by atoms with E-state index in [1.54, 1.807) is 6.20 Å². The van der Waals surface area contributed by atoms with E-state index < -0.39 is 0 Å². The molecule has 2 heterocycles. The van der Waals surface area contributed by atoms with E-state index in [2.05, 4.69) is 4.98 Å². The molecule has 11 heavy (non-hydrogen) atoms. The zero-order valence-electron chi connectivity index (χ0n) is 6.05. The van der Waals surface area contributed by atoms with Crippen molar-refractivity contribution in [3.8, 4) is 0 Å². The highest BCUT2D eigenvalue weighted by Crippen LogP contribution is 2.18. The van der Waals surface area contributed by atoms with Crippen molar-refractivity contribution in [1.82, 2.24) is 4.98 Å². The van der Waals surface area contributed by atoms with Crippen LogP contribution in [0.25, 0.3) is 10.1 Å². The van der Waals surface area contributed by atoms with E-state index in [9.17, 15) is 4.79 Å². The van der Waals surface area contributed by atoms with E-state index in [0.29, 0.717) is 0 Å². The molecule has 0 aromatic carbocycles. The number of thiophene rings is 1. The predicted molar refractivity (Wildman–Crippen MR) is 47.2 cm³/mol. The molecule has 2 aromatic heterocycles. The first-order chi connectivity index (χ1) is 5.29. The Morgan fingerprint density at radius 2 is 2.36 bits per heavy atom. The van der Waals surface area contributed by atoms with E-state index in [4.69, 9.17) is 0 Å². The van der Waals surface area contributed by atoms with Gasteiger partial charge in [-0.05, 0) is 23.9 Å². The Morgan fingerprint density at radius 1 is 1.55 bits per heavy atom. The standard InChI is InChI=1S/C8H7NOS/c1-5-4-9-8(10)7-6(5)2-3-11-7/h2-4H,1H3,(H,9,10). The van der Waals surface area contributed by atoms with Gasteiger partial charge in [0.1, 0.15) is 0 Å². The Morgan fingerprint density at radius 3 is 3.09 bits per heavy atom. The number of nitrogens with one attached hydrogen (secondary N) is 1. The molecule has 0 fully saturated rings. The Balaban J connectivity index is 3.08. The summed E-state index contributed by atoms with van der Waals surface area (Å²) in [5, 5.41) is 3.01. The lowest BCUT2D eigenvalue weighted by molar-refractivity contribution is 1.25. The second-order valence-corrected chi connectivity index (χ2v) is 3.38. The molecular weight excluding hydrogens is 158 g/mol. The summed E-state index contributed by atoms with van der Waals surface area (Å²) in [7, 11) is 0. The molecule has 0 amide bonds. The van der Waals surface area contributed by atoms with Crippen LogP contribution in [-0.2, 0) is 0 Å². The fourth-order valence-corrected chi connectivity index (χ4v) is 1.97. The van der Waals surface area contributed by atoms with Crippen LogP contribution in [-0.4, -0.2) is 4.98 Å². The van der Waals surface area contributed by atoms with Crippen LogP contribution in [0.15, 0.2) is 22.4 Å². The SMILES string of the molecule is Cc1c[nH]c(=O)c2sccc12. The smallest absolute Gasteiger partial charge is 0.265 e. The van der Waals surface area contributed by atoms with Crippen molar-refractivity contribution >= 4 is 21.4 Å². The molecule has 0 bridgehead atoms. The van der Waals surface area contributed by atoms with Crippen LogP contribution in [0.4, 0.5) is 0 Å². The van der Waals surface area contributed by atoms with Gasteiger partial charge in [0.05, 0.1) is 4.70 Å². The van der Waals surface area contributed by atoms with Crippen molar-refractivity contribution in [2.45, 2.75) is 6.92 Å². The third-order valence-electron chi connectivity index (χ3n) is 1.72. The van der Waals surface area contributed by atoms with E-state index in [1.165, 1.54) is 11.3 Å². The summed E-state index contributed by atoms with van der Waals surface area (Å²) in [5.41, 5.74) is 1.14. The minimum Gasteiger partial charge on any atom is -0.328 e. The molecule has 0 aliphatic rings. The minimum atomic E-state index is 0.0144. The van der Waals surface area contributed by atoms with Crippen LogP contribution < -0.4 is 5.56 Å². The molecule has 0 aliphatic carbocycles. The zero-order valence-corrected chi connectivity index (χ0v) is 6.87. The molecule has 0 radical (unpaired) electrons. The van der Waals surface area contributed by atoms with Crippen LogP contribution in [0, 0.1) is 6.92 Å². The van der Waals surface area contributed by atoms with Crippen molar-refractivity contribution in [3.05, 3.63) is 33.6 Å². The van der Waals surface area contributed by atoms with E-state index >= 15 is 0 Å². The molecule has 2 nitrogen and oxygen atoms in total. The Kier molecular flexibility index (Phi) is 1.32. The van der Waals surface area contributed by atoms with Crippen molar-refractivity contribution in [2.24, 2.45) is 0 Å². The number of aryl methyl sites for hydroxylation is 1. The number of fused-ring (bicyclic) bond motifs is 1. The maximum atomic E-state index is 11.1. The topological polar surface area (TPSA) is 32.9 Å². The highest BCUT2D eigenvalue weighted by Gasteiger charge is 2.00. The quantitative estimate of drug-likeness (QED) is 0.635. The predicted octanol–water partition coefficient (Wildman–Crippen LogP) is 1.90. The maximum Gasteiger partial charge on any atom is 0.265 e. The van der Waals surface area contributed by atoms with E-state index in [0.717, 1.165) is 15.6 Å². The lowest BCUT2D eigenvalue weighted by Gasteiger charge is -1.91. The number of H-pyrrole nitrogens is 1. The van der Waals surface area contributed by atoms with Crippen LogP contribution in [0.3, 0.4) is 0 Å². The molecule has 0 unspecified atom stereocenters. The van der Waals surface area contributed by atoms with E-state index in [-0.39, 0.29) is 5.56 Å². The highest BCUT2D eigenvalue weighted by molar-refractivity contribution is 7.17.